The predicted octanol–water partition coefficient (Wildman–Crippen LogP) is -0.369. The van der Waals surface area contributed by atoms with Crippen LogP contribution in [0.25, 0.3) is 0 Å². The molecule has 0 saturated heterocycles. The van der Waals surface area contributed by atoms with Gasteiger partial charge < -0.3 is 35.0 Å². The van der Waals surface area contributed by atoms with E-state index in [1.807, 2.05) is 0 Å². The molecule has 0 fully saturated rings. The Morgan fingerprint density at radius 3 is 2.34 bits per heavy atom. The van der Waals surface area contributed by atoms with E-state index in [9.17, 15) is 18.9 Å². The van der Waals surface area contributed by atoms with Crippen LogP contribution in [-0.2, 0) is 33.2 Å². The van der Waals surface area contributed by atoms with E-state index in [4.69, 9.17) is 29.7 Å². The molecule has 13 heteroatoms. The average molecular weight is 458 g/mol. The number of ether oxygens (including phenoxy) is 3. The standard InChI is InChI=1S/C16H31N2O9PS/c1-11(7-25-5-4-6-28(22,23)24)18-16(21)15(17)10-29-9-14(27-13(3)20)8-26-12(2)19/h11,14-15H,4-10,17H2,1-3H3,(H,18,21)(H2,22,23,24)/t11-,14+,15-/m0/s1. The molecule has 0 aromatic rings. The molecule has 11 nitrogen and oxygen atoms in total. The normalized spacial score (nSPS) is 14.6. The Labute approximate surface area is 174 Å². The maximum Gasteiger partial charge on any atom is 0.325 e. The molecule has 0 aliphatic heterocycles. The molecule has 0 heterocycles. The maximum absolute atomic E-state index is 12.1. The minimum Gasteiger partial charge on any atom is -0.462 e. The first-order valence-corrected chi connectivity index (χ1v) is 11.9. The molecule has 0 radical (unpaired) electrons. The maximum atomic E-state index is 12.1. The number of carbonyl (C=O) groups excluding carboxylic acids is 3. The molecule has 0 saturated carbocycles. The molecule has 0 aliphatic carbocycles. The van der Waals surface area contributed by atoms with Crippen LogP contribution < -0.4 is 11.1 Å². The number of nitrogens with one attached hydrogen (secondary N) is 1. The molecule has 1 amide bonds. The van der Waals surface area contributed by atoms with Crippen molar-refractivity contribution in [2.24, 2.45) is 5.73 Å². The topological polar surface area (TPSA) is 174 Å². The van der Waals surface area contributed by atoms with Gasteiger partial charge in [0.15, 0.2) is 0 Å². The Morgan fingerprint density at radius 1 is 1.14 bits per heavy atom. The minimum absolute atomic E-state index is 0.0697. The van der Waals surface area contributed by atoms with Crippen LogP contribution in [-0.4, -0.2) is 83.3 Å². The van der Waals surface area contributed by atoms with Gasteiger partial charge in [-0.3, -0.25) is 18.9 Å². The smallest absolute Gasteiger partial charge is 0.325 e. The lowest BCUT2D eigenvalue weighted by molar-refractivity contribution is -0.154. The number of rotatable bonds is 15. The van der Waals surface area contributed by atoms with Crippen LogP contribution in [0.15, 0.2) is 0 Å². The van der Waals surface area contributed by atoms with Crippen LogP contribution in [0.2, 0.25) is 0 Å². The first-order chi connectivity index (χ1) is 13.4. The lowest BCUT2D eigenvalue weighted by atomic mass is 10.3. The minimum atomic E-state index is -4.02. The van der Waals surface area contributed by atoms with Crippen LogP contribution in [0.3, 0.4) is 0 Å². The van der Waals surface area contributed by atoms with E-state index < -0.39 is 31.7 Å². The Balaban J connectivity index is 4.10. The van der Waals surface area contributed by atoms with E-state index in [1.54, 1.807) is 6.92 Å². The summed E-state index contributed by atoms with van der Waals surface area (Å²) in [6.45, 7) is 4.51. The Hall–Kier alpha value is -1.17. The van der Waals surface area contributed by atoms with Crippen molar-refractivity contribution in [3.05, 3.63) is 0 Å². The largest absolute Gasteiger partial charge is 0.462 e. The molecule has 0 unspecified atom stereocenters. The molecule has 0 bridgehead atoms. The number of thioether (sulfide) groups is 1. The zero-order valence-corrected chi connectivity index (χ0v) is 18.6. The third kappa shape index (κ3) is 17.4. The summed E-state index contributed by atoms with van der Waals surface area (Å²) in [4.78, 5) is 51.5. The van der Waals surface area contributed by atoms with Crippen molar-refractivity contribution in [2.75, 3.05) is 37.5 Å². The monoisotopic (exact) mass is 458 g/mol. The Morgan fingerprint density at radius 2 is 1.79 bits per heavy atom. The van der Waals surface area contributed by atoms with Crippen LogP contribution in [0, 0.1) is 0 Å². The van der Waals surface area contributed by atoms with Crippen LogP contribution in [0.5, 0.6) is 0 Å². The van der Waals surface area contributed by atoms with Crippen molar-refractivity contribution in [3.8, 4) is 0 Å². The third-order valence-electron chi connectivity index (χ3n) is 3.24. The molecule has 0 spiro atoms. The van der Waals surface area contributed by atoms with Gasteiger partial charge in [0.25, 0.3) is 0 Å². The number of hydrogen-bond acceptors (Lipinski definition) is 9. The third-order valence-corrected chi connectivity index (χ3v) is 5.34. The Bertz CT molecular complexity index is 573. The fraction of sp³-hybridized carbons (Fsp3) is 0.812. The molecule has 170 valence electrons. The van der Waals surface area contributed by atoms with Gasteiger partial charge in [-0.1, -0.05) is 0 Å². The van der Waals surface area contributed by atoms with E-state index in [2.05, 4.69) is 5.32 Å². The van der Waals surface area contributed by atoms with E-state index in [-0.39, 0.29) is 50.1 Å². The van der Waals surface area contributed by atoms with Crippen molar-refractivity contribution < 1.29 is 42.9 Å². The quantitative estimate of drug-likeness (QED) is 0.143. The Kier molecular flexibility index (Phi) is 14.2. The number of hydrogen-bond donors (Lipinski definition) is 4. The van der Waals surface area contributed by atoms with E-state index in [1.165, 1.54) is 25.6 Å². The molecule has 5 N–H and O–H groups in total. The molecule has 0 aromatic carbocycles. The molecule has 3 atom stereocenters. The molecule has 29 heavy (non-hydrogen) atoms. The van der Waals surface area contributed by atoms with Crippen molar-refractivity contribution >= 4 is 37.2 Å². The van der Waals surface area contributed by atoms with Gasteiger partial charge in [-0.05, 0) is 13.3 Å². The number of esters is 2. The summed E-state index contributed by atoms with van der Waals surface area (Å²) in [5.41, 5.74) is 5.85. The second-order valence-corrected chi connectivity index (χ2v) is 9.26. The van der Waals surface area contributed by atoms with Gasteiger partial charge in [-0.2, -0.15) is 11.8 Å². The van der Waals surface area contributed by atoms with Crippen LogP contribution in [0.4, 0.5) is 0 Å². The summed E-state index contributed by atoms with van der Waals surface area (Å²) < 4.78 is 25.9. The van der Waals surface area contributed by atoms with Crippen molar-refractivity contribution in [2.45, 2.75) is 45.4 Å². The molecule has 0 rings (SSSR count). The highest BCUT2D eigenvalue weighted by atomic mass is 32.2. The summed E-state index contributed by atoms with van der Waals surface area (Å²) in [5, 5.41) is 2.69. The fourth-order valence-corrected chi connectivity index (χ4v) is 3.50. The summed E-state index contributed by atoms with van der Waals surface area (Å²) >= 11 is 1.29. The van der Waals surface area contributed by atoms with Gasteiger partial charge >= 0.3 is 19.5 Å². The van der Waals surface area contributed by atoms with Crippen LogP contribution >= 0.6 is 19.4 Å². The van der Waals surface area contributed by atoms with Gasteiger partial charge in [-0.25, -0.2) is 0 Å². The molecular weight excluding hydrogens is 427 g/mol. The van der Waals surface area contributed by atoms with E-state index in [0.717, 1.165) is 0 Å². The van der Waals surface area contributed by atoms with Gasteiger partial charge in [0.2, 0.25) is 5.91 Å². The molecular formula is C16H31N2O9PS. The van der Waals surface area contributed by atoms with Gasteiger partial charge in [0, 0.05) is 38.0 Å². The van der Waals surface area contributed by atoms with Gasteiger partial charge in [0.1, 0.15) is 12.7 Å². The first-order valence-electron chi connectivity index (χ1n) is 8.97. The van der Waals surface area contributed by atoms with Crippen LogP contribution in [0.1, 0.15) is 27.2 Å². The SMILES string of the molecule is CC(=O)OC[C@H](CSC[C@H](N)C(=O)N[C@@H](C)COCCCP(=O)(O)O)OC(C)=O. The zero-order valence-electron chi connectivity index (χ0n) is 16.9. The summed E-state index contributed by atoms with van der Waals surface area (Å²) in [6.07, 6.45) is -0.656. The summed E-state index contributed by atoms with van der Waals surface area (Å²) in [5.74, 6) is -0.792. The summed E-state index contributed by atoms with van der Waals surface area (Å²) in [7, 11) is -4.02. The number of carbonyl (C=O) groups is 3. The highest BCUT2D eigenvalue weighted by Crippen LogP contribution is 2.34. The number of nitrogens with two attached hydrogens (primary N) is 1. The van der Waals surface area contributed by atoms with E-state index in [0.29, 0.717) is 5.75 Å². The first kappa shape index (κ1) is 27.8. The predicted molar refractivity (Wildman–Crippen MR) is 107 cm³/mol. The second-order valence-electron chi connectivity index (χ2n) is 6.40. The highest BCUT2D eigenvalue weighted by Gasteiger charge is 2.19. The average Bonchev–Trinajstić information content (AvgIpc) is 2.57. The fourth-order valence-electron chi connectivity index (χ4n) is 1.99. The molecule has 0 aromatic heterocycles. The van der Waals surface area contributed by atoms with Crippen molar-refractivity contribution in [1.82, 2.24) is 5.32 Å². The lowest BCUT2D eigenvalue weighted by Crippen LogP contribution is -2.47. The van der Waals surface area contributed by atoms with Crippen molar-refractivity contribution in [1.29, 1.82) is 0 Å². The van der Waals surface area contributed by atoms with Gasteiger partial charge in [-0.15, -0.1) is 0 Å². The van der Waals surface area contributed by atoms with Crippen molar-refractivity contribution in [3.63, 3.8) is 0 Å². The molecule has 0 aliphatic rings. The second kappa shape index (κ2) is 14.8. The lowest BCUT2D eigenvalue weighted by Gasteiger charge is -2.19. The highest BCUT2D eigenvalue weighted by molar-refractivity contribution is 7.99. The number of amides is 1. The van der Waals surface area contributed by atoms with E-state index >= 15 is 0 Å². The van der Waals surface area contributed by atoms with Gasteiger partial charge in [0.05, 0.1) is 18.8 Å². The zero-order chi connectivity index (χ0) is 22.4. The summed E-state index contributed by atoms with van der Waals surface area (Å²) in [6, 6.07) is -1.13.